The van der Waals surface area contributed by atoms with Gasteiger partial charge in [-0.05, 0) is 68.8 Å². The molecule has 2 aromatic rings. The number of rotatable bonds is 7. The second-order valence-electron chi connectivity index (χ2n) is 8.74. The Kier molecular flexibility index (Phi) is 7.02. The molecule has 1 heterocycles. The van der Waals surface area contributed by atoms with E-state index < -0.39 is 0 Å². The molecular formula is C24H29ClN4OS. The van der Waals surface area contributed by atoms with Gasteiger partial charge in [-0.2, -0.15) is 0 Å². The summed E-state index contributed by atoms with van der Waals surface area (Å²) in [5, 5.41) is 5.28. The zero-order valence-corrected chi connectivity index (χ0v) is 19.9. The smallest absolute Gasteiger partial charge is 0.224 e. The molecule has 1 aromatic heterocycles. The van der Waals surface area contributed by atoms with E-state index in [1.165, 1.54) is 11.8 Å². The molecule has 1 aliphatic carbocycles. The van der Waals surface area contributed by atoms with Crippen molar-refractivity contribution >= 4 is 35.0 Å². The molecule has 1 amide bonds. The third-order valence-electron chi connectivity index (χ3n) is 5.00. The van der Waals surface area contributed by atoms with Crippen molar-refractivity contribution in [3.63, 3.8) is 0 Å². The Labute approximate surface area is 193 Å². The van der Waals surface area contributed by atoms with Crippen molar-refractivity contribution < 1.29 is 4.79 Å². The lowest BCUT2D eigenvalue weighted by Gasteiger charge is -2.20. The largest absolute Gasteiger partial charge is 0.396 e. The summed E-state index contributed by atoms with van der Waals surface area (Å²) >= 11 is 7.40. The average molecular weight is 457 g/mol. The fourth-order valence-electron chi connectivity index (χ4n) is 3.27. The van der Waals surface area contributed by atoms with Crippen LogP contribution in [0.3, 0.4) is 0 Å². The number of hydrogen-bond donors (Lipinski definition) is 2. The number of amides is 1. The van der Waals surface area contributed by atoms with Gasteiger partial charge in [-0.1, -0.05) is 42.4 Å². The molecule has 164 valence electrons. The summed E-state index contributed by atoms with van der Waals surface area (Å²) in [6.07, 6.45) is 4.21. The van der Waals surface area contributed by atoms with E-state index in [9.17, 15) is 4.79 Å². The zero-order chi connectivity index (χ0) is 22.8. The van der Waals surface area contributed by atoms with Crippen molar-refractivity contribution in [2.45, 2.75) is 43.7 Å². The first-order valence-electron chi connectivity index (χ1n) is 10.2. The summed E-state index contributed by atoms with van der Waals surface area (Å²) in [6, 6.07) is 11.8. The number of nitrogens with one attached hydrogen (secondary N) is 1. The highest BCUT2D eigenvalue weighted by atomic mass is 35.5. The molecule has 2 atom stereocenters. The van der Waals surface area contributed by atoms with Gasteiger partial charge >= 0.3 is 0 Å². The van der Waals surface area contributed by atoms with Crippen molar-refractivity contribution in [3.8, 4) is 0 Å². The number of benzene rings is 1. The second-order valence-corrected chi connectivity index (χ2v) is 10.2. The Balaban J connectivity index is 1.77. The lowest BCUT2D eigenvalue weighted by atomic mass is 10.0. The highest BCUT2D eigenvalue weighted by Crippen LogP contribution is 2.48. The third kappa shape index (κ3) is 6.05. The van der Waals surface area contributed by atoms with Crippen LogP contribution >= 0.6 is 23.4 Å². The minimum atomic E-state index is -0.211. The van der Waals surface area contributed by atoms with Gasteiger partial charge < -0.3 is 16.0 Å². The Bertz CT molecular complexity index is 980. The molecule has 0 spiro atoms. The molecule has 0 saturated heterocycles. The fraction of sp³-hybridized carbons (Fsp3) is 0.333. The fourth-order valence-corrected chi connectivity index (χ4v) is 4.27. The van der Waals surface area contributed by atoms with Gasteiger partial charge in [-0.25, -0.2) is 4.98 Å². The molecule has 5 nitrogen and oxygen atoms in total. The predicted octanol–water partition coefficient (Wildman–Crippen LogP) is 5.21. The molecule has 1 saturated carbocycles. The summed E-state index contributed by atoms with van der Waals surface area (Å²) in [6.45, 7) is 9.86. The molecule has 3 N–H and O–H groups in total. The number of pyridine rings is 1. The average Bonchev–Trinajstić information content (AvgIpc) is 3.52. The summed E-state index contributed by atoms with van der Waals surface area (Å²) in [7, 11) is 1.90. The molecular weight excluding hydrogens is 428 g/mol. The quantitative estimate of drug-likeness (QED) is 0.560. The highest BCUT2D eigenvalue weighted by Gasteiger charge is 2.44. The number of nitrogens with two attached hydrogens (primary N) is 1. The number of carbonyl (C=O) groups excluding carboxylic acids is 1. The van der Waals surface area contributed by atoms with E-state index in [4.69, 9.17) is 17.3 Å². The first-order valence-corrected chi connectivity index (χ1v) is 11.4. The van der Waals surface area contributed by atoms with E-state index in [2.05, 4.69) is 29.0 Å². The summed E-state index contributed by atoms with van der Waals surface area (Å²) in [4.78, 5) is 18.6. The molecule has 7 heteroatoms. The van der Waals surface area contributed by atoms with Gasteiger partial charge in [-0.15, -0.1) is 0 Å². The Morgan fingerprint density at radius 2 is 1.97 bits per heavy atom. The molecule has 0 aliphatic heterocycles. The van der Waals surface area contributed by atoms with Crippen LogP contribution in [0, 0.1) is 5.92 Å². The number of nitrogens with zero attached hydrogens (tertiary/aromatic N) is 2. The van der Waals surface area contributed by atoms with Gasteiger partial charge in [0.15, 0.2) is 0 Å². The Hall–Kier alpha value is -2.44. The predicted molar refractivity (Wildman–Crippen MR) is 129 cm³/mol. The number of hydrogen-bond acceptors (Lipinski definition) is 5. The monoisotopic (exact) mass is 456 g/mol. The second kappa shape index (κ2) is 9.37. The highest BCUT2D eigenvalue weighted by molar-refractivity contribution is 8.03. The van der Waals surface area contributed by atoms with E-state index in [0.717, 1.165) is 27.6 Å². The van der Waals surface area contributed by atoms with E-state index in [0.29, 0.717) is 10.7 Å². The number of thioether (sulfide) groups is 1. The first-order chi connectivity index (χ1) is 14.6. The van der Waals surface area contributed by atoms with Crippen molar-refractivity contribution in [3.05, 3.63) is 76.6 Å². The minimum absolute atomic E-state index is 0.0481. The van der Waals surface area contributed by atoms with Crippen LogP contribution in [-0.2, 0) is 4.79 Å². The maximum Gasteiger partial charge on any atom is 0.224 e. The Morgan fingerprint density at radius 1 is 1.29 bits per heavy atom. The topological polar surface area (TPSA) is 71.2 Å². The number of halogens is 1. The summed E-state index contributed by atoms with van der Waals surface area (Å²) < 4.78 is 0. The molecule has 0 bridgehead atoms. The molecule has 31 heavy (non-hydrogen) atoms. The normalized spacial score (nSPS) is 18.7. The van der Waals surface area contributed by atoms with Crippen molar-refractivity contribution in [2.24, 2.45) is 11.7 Å². The number of carbonyl (C=O) groups is 1. The van der Waals surface area contributed by atoms with Crippen LogP contribution in [0.2, 0.25) is 5.02 Å². The Morgan fingerprint density at radius 3 is 2.52 bits per heavy atom. The van der Waals surface area contributed by atoms with Crippen molar-refractivity contribution in [1.29, 1.82) is 0 Å². The van der Waals surface area contributed by atoms with E-state index >= 15 is 0 Å². The molecule has 0 unspecified atom stereocenters. The summed E-state index contributed by atoms with van der Waals surface area (Å²) in [5.74, 6) is 0.444. The van der Waals surface area contributed by atoms with Gasteiger partial charge in [0, 0.05) is 30.3 Å². The SMILES string of the molecule is C=CN(C)/C(Sc1ccc(Cl)cn1)=C(\N)c1ccc([C@H]2C[C@@H]2C(=O)NC(C)(C)C)cc1. The first kappa shape index (κ1) is 23.2. The van der Waals surface area contributed by atoms with Crippen LogP contribution < -0.4 is 11.1 Å². The third-order valence-corrected chi connectivity index (χ3v) is 6.38. The van der Waals surface area contributed by atoms with Crippen molar-refractivity contribution in [1.82, 2.24) is 15.2 Å². The van der Waals surface area contributed by atoms with E-state index in [-0.39, 0.29) is 23.3 Å². The maximum absolute atomic E-state index is 12.4. The lowest BCUT2D eigenvalue weighted by Crippen LogP contribution is -2.41. The van der Waals surface area contributed by atoms with Gasteiger partial charge in [0.2, 0.25) is 5.91 Å². The van der Waals surface area contributed by atoms with Crippen LogP contribution in [0.25, 0.3) is 5.70 Å². The van der Waals surface area contributed by atoms with Crippen LogP contribution in [0.1, 0.15) is 44.2 Å². The van der Waals surface area contributed by atoms with E-state index in [1.807, 2.05) is 50.9 Å². The number of aromatic nitrogens is 1. The van der Waals surface area contributed by atoms with E-state index in [1.54, 1.807) is 18.5 Å². The van der Waals surface area contributed by atoms with Gasteiger partial charge in [0.25, 0.3) is 0 Å². The summed E-state index contributed by atoms with van der Waals surface area (Å²) in [5.41, 5.74) is 9.02. The minimum Gasteiger partial charge on any atom is -0.396 e. The zero-order valence-electron chi connectivity index (χ0n) is 18.4. The van der Waals surface area contributed by atoms with Crippen LogP contribution in [0.5, 0.6) is 0 Å². The molecule has 1 fully saturated rings. The van der Waals surface area contributed by atoms with Crippen molar-refractivity contribution in [2.75, 3.05) is 7.05 Å². The molecule has 0 radical (unpaired) electrons. The van der Waals surface area contributed by atoms with Crippen LogP contribution in [0.4, 0.5) is 0 Å². The van der Waals surface area contributed by atoms with Crippen LogP contribution in [-0.4, -0.2) is 28.4 Å². The lowest BCUT2D eigenvalue weighted by molar-refractivity contribution is -0.123. The standard InChI is InChI=1S/C24H29ClN4OS/c1-6-29(5)23(31-20-12-11-17(25)14-27-20)21(26)16-9-7-15(8-10-16)18-13-19(18)22(30)28-24(2,3)4/h6-12,14,18-19H,1,13,26H2,2-5H3,(H,28,30)/b23-21+/t18-,19+/m1/s1. The molecule has 1 aliphatic rings. The van der Waals surface area contributed by atoms with Crippen LogP contribution in [0.15, 0.2) is 65.4 Å². The van der Waals surface area contributed by atoms with Gasteiger partial charge in [0.1, 0.15) is 10.1 Å². The maximum atomic E-state index is 12.4. The molecule has 1 aromatic carbocycles. The molecule has 3 rings (SSSR count). The van der Waals surface area contributed by atoms with Gasteiger partial charge in [0.05, 0.1) is 10.7 Å². The van der Waals surface area contributed by atoms with Gasteiger partial charge in [-0.3, -0.25) is 4.79 Å².